The molecule has 1 aliphatic heterocycles. The van der Waals surface area contributed by atoms with Gasteiger partial charge < -0.3 is 5.32 Å². The molecule has 0 amide bonds. The molecular formula is C12H17ClN4O2S2. The predicted octanol–water partition coefficient (Wildman–Crippen LogP) is 1.34. The summed E-state index contributed by atoms with van der Waals surface area (Å²) >= 11 is 1.04. The fraction of sp³-hybridized carbons (Fsp3) is 0.500. The first-order chi connectivity index (χ1) is 9.63. The Labute approximate surface area is 134 Å². The highest BCUT2D eigenvalue weighted by Crippen LogP contribution is 2.28. The van der Waals surface area contributed by atoms with Crippen molar-refractivity contribution in [2.45, 2.75) is 11.3 Å². The molecule has 2 aromatic rings. The first-order valence-corrected chi connectivity index (χ1v) is 8.66. The van der Waals surface area contributed by atoms with Crippen molar-refractivity contribution in [3.63, 3.8) is 0 Å². The van der Waals surface area contributed by atoms with Crippen LogP contribution < -0.4 is 5.32 Å². The van der Waals surface area contributed by atoms with Gasteiger partial charge in [-0.05, 0) is 38.1 Å². The Hall–Kier alpha value is -0.800. The topological polar surface area (TPSA) is 75.2 Å². The maximum absolute atomic E-state index is 12.7. The van der Waals surface area contributed by atoms with Crippen molar-refractivity contribution in [3.05, 3.63) is 18.2 Å². The van der Waals surface area contributed by atoms with E-state index in [1.165, 1.54) is 0 Å². The van der Waals surface area contributed by atoms with E-state index >= 15 is 0 Å². The number of fused-ring (bicyclic) bond motifs is 1. The smallest absolute Gasteiger partial charge is 0.245 e. The van der Waals surface area contributed by atoms with E-state index in [1.807, 2.05) is 7.05 Å². The molecular weight excluding hydrogens is 332 g/mol. The fourth-order valence-corrected chi connectivity index (χ4v) is 4.88. The van der Waals surface area contributed by atoms with Crippen LogP contribution in [0.2, 0.25) is 0 Å². The Morgan fingerprint density at radius 3 is 3.00 bits per heavy atom. The van der Waals surface area contributed by atoms with Crippen LogP contribution in [0.4, 0.5) is 0 Å². The minimum atomic E-state index is -3.48. The minimum absolute atomic E-state index is 0. The zero-order chi connectivity index (χ0) is 14.2. The van der Waals surface area contributed by atoms with Gasteiger partial charge in [0.25, 0.3) is 0 Å². The Morgan fingerprint density at radius 1 is 1.43 bits per heavy atom. The molecule has 1 atom stereocenters. The summed E-state index contributed by atoms with van der Waals surface area (Å²) in [5.41, 5.74) is 1.12. The normalized spacial score (nSPS) is 19.8. The molecule has 1 unspecified atom stereocenters. The van der Waals surface area contributed by atoms with E-state index in [0.29, 0.717) is 30.0 Å². The Balaban J connectivity index is 0.00000161. The van der Waals surface area contributed by atoms with E-state index in [2.05, 4.69) is 14.1 Å². The van der Waals surface area contributed by atoms with Crippen LogP contribution in [0.1, 0.15) is 6.42 Å². The lowest BCUT2D eigenvalue weighted by atomic mass is 10.1. The van der Waals surface area contributed by atoms with Gasteiger partial charge in [-0.25, -0.2) is 8.42 Å². The zero-order valence-electron chi connectivity index (χ0n) is 11.5. The van der Waals surface area contributed by atoms with Crippen molar-refractivity contribution in [3.8, 4) is 0 Å². The summed E-state index contributed by atoms with van der Waals surface area (Å²) in [6, 6.07) is 5.12. The summed E-state index contributed by atoms with van der Waals surface area (Å²) in [6.07, 6.45) is 0.894. The average molecular weight is 349 g/mol. The highest BCUT2D eigenvalue weighted by Gasteiger charge is 2.33. The largest absolute Gasteiger partial charge is 0.319 e. The average Bonchev–Trinajstić information content (AvgIpc) is 3.06. The van der Waals surface area contributed by atoms with Gasteiger partial charge in [0.2, 0.25) is 10.0 Å². The number of aromatic nitrogens is 2. The van der Waals surface area contributed by atoms with Gasteiger partial charge in [-0.2, -0.15) is 13.1 Å². The number of rotatable bonds is 4. The van der Waals surface area contributed by atoms with Gasteiger partial charge in [0.1, 0.15) is 15.9 Å². The molecule has 9 heteroatoms. The van der Waals surface area contributed by atoms with E-state index in [9.17, 15) is 8.42 Å². The second kappa shape index (κ2) is 6.53. The van der Waals surface area contributed by atoms with Gasteiger partial charge in [0.05, 0.1) is 11.7 Å². The van der Waals surface area contributed by atoms with Gasteiger partial charge >= 0.3 is 0 Å². The molecule has 1 aromatic carbocycles. The molecule has 1 fully saturated rings. The molecule has 21 heavy (non-hydrogen) atoms. The van der Waals surface area contributed by atoms with Crippen molar-refractivity contribution in [2.24, 2.45) is 5.92 Å². The fourth-order valence-electron chi connectivity index (χ4n) is 2.60. The zero-order valence-corrected chi connectivity index (χ0v) is 14.0. The molecule has 3 rings (SSSR count). The van der Waals surface area contributed by atoms with Crippen molar-refractivity contribution >= 4 is 45.2 Å². The molecule has 0 bridgehead atoms. The molecule has 0 aliphatic carbocycles. The minimum Gasteiger partial charge on any atom is -0.319 e. The standard InChI is InChI=1S/C12H16N4O2S2.ClH/c1-13-7-9-5-6-16(8-9)20(17,18)11-4-2-3-10-12(11)15-19-14-10;/h2-4,9,13H,5-8H2,1H3;1H. The van der Waals surface area contributed by atoms with Gasteiger partial charge in [0.15, 0.2) is 0 Å². The number of benzene rings is 1. The van der Waals surface area contributed by atoms with Crippen molar-refractivity contribution in [1.29, 1.82) is 0 Å². The van der Waals surface area contributed by atoms with Crippen LogP contribution >= 0.6 is 24.1 Å². The maximum Gasteiger partial charge on any atom is 0.245 e. The van der Waals surface area contributed by atoms with Crippen LogP contribution in [0.15, 0.2) is 23.1 Å². The Kier molecular flexibility index (Phi) is 5.15. The molecule has 0 radical (unpaired) electrons. The summed E-state index contributed by atoms with van der Waals surface area (Å²) in [7, 11) is -1.59. The van der Waals surface area contributed by atoms with E-state index in [-0.39, 0.29) is 17.3 Å². The lowest BCUT2D eigenvalue weighted by molar-refractivity contribution is 0.451. The number of nitrogens with one attached hydrogen (secondary N) is 1. The lowest BCUT2D eigenvalue weighted by Crippen LogP contribution is -2.30. The molecule has 1 aliphatic rings. The molecule has 116 valence electrons. The van der Waals surface area contributed by atoms with Crippen LogP contribution in [0.5, 0.6) is 0 Å². The number of hydrogen-bond acceptors (Lipinski definition) is 6. The SMILES string of the molecule is CNCC1CCN(S(=O)(=O)c2cccc3nsnc23)C1.Cl. The molecule has 1 saturated heterocycles. The number of nitrogens with zero attached hydrogens (tertiary/aromatic N) is 3. The van der Waals surface area contributed by atoms with Crippen LogP contribution in [0, 0.1) is 5.92 Å². The van der Waals surface area contributed by atoms with Crippen molar-refractivity contribution in [1.82, 2.24) is 18.4 Å². The predicted molar refractivity (Wildman–Crippen MR) is 85.5 cm³/mol. The molecule has 6 nitrogen and oxygen atoms in total. The Bertz CT molecular complexity index is 719. The van der Waals surface area contributed by atoms with Crippen LogP contribution in [-0.2, 0) is 10.0 Å². The van der Waals surface area contributed by atoms with Gasteiger partial charge in [-0.15, -0.1) is 12.4 Å². The first-order valence-electron chi connectivity index (χ1n) is 6.49. The molecule has 0 saturated carbocycles. The third kappa shape index (κ3) is 3.04. The Morgan fingerprint density at radius 2 is 2.24 bits per heavy atom. The van der Waals surface area contributed by atoms with Crippen LogP contribution in [0.3, 0.4) is 0 Å². The number of hydrogen-bond donors (Lipinski definition) is 1. The van der Waals surface area contributed by atoms with Crippen molar-refractivity contribution < 1.29 is 8.42 Å². The van der Waals surface area contributed by atoms with Crippen LogP contribution in [-0.4, -0.2) is 48.2 Å². The monoisotopic (exact) mass is 348 g/mol. The lowest BCUT2D eigenvalue weighted by Gasteiger charge is -2.16. The van der Waals surface area contributed by atoms with Crippen molar-refractivity contribution in [2.75, 3.05) is 26.7 Å². The molecule has 1 N–H and O–H groups in total. The third-order valence-electron chi connectivity index (χ3n) is 3.61. The summed E-state index contributed by atoms with van der Waals surface area (Å²) < 4.78 is 35.3. The summed E-state index contributed by atoms with van der Waals surface area (Å²) in [4.78, 5) is 0.272. The second-order valence-electron chi connectivity index (χ2n) is 4.96. The molecule has 0 spiro atoms. The van der Waals surface area contributed by atoms with E-state index < -0.39 is 10.0 Å². The highest BCUT2D eigenvalue weighted by atomic mass is 35.5. The quantitative estimate of drug-likeness (QED) is 0.902. The molecule has 2 heterocycles. The van der Waals surface area contributed by atoms with E-state index in [4.69, 9.17) is 0 Å². The molecule has 1 aromatic heterocycles. The second-order valence-corrected chi connectivity index (χ2v) is 7.40. The van der Waals surface area contributed by atoms with Crippen LogP contribution in [0.25, 0.3) is 11.0 Å². The summed E-state index contributed by atoms with van der Waals surface area (Å²) in [6.45, 7) is 1.98. The van der Waals surface area contributed by atoms with E-state index in [1.54, 1.807) is 22.5 Å². The summed E-state index contributed by atoms with van der Waals surface area (Å²) in [5, 5.41) is 3.10. The maximum atomic E-state index is 12.7. The van der Waals surface area contributed by atoms with E-state index in [0.717, 1.165) is 24.7 Å². The number of sulfonamides is 1. The van der Waals surface area contributed by atoms with Gasteiger partial charge in [-0.3, -0.25) is 0 Å². The van der Waals surface area contributed by atoms with Gasteiger partial charge in [-0.1, -0.05) is 6.07 Å². The third-order valence-corrected chi connectivity index (χ3v) is 6.05. The van der Waals surface area contributed by atoms with Gasteiger partial charge in [0, 0.05) is 13.1 Å². The summed E-state index contributed by atoms with van der Waals surface area (Å²) in [5.74, 6) is 0.377. The number of halogens is 1. The first kappa shape index (κ1) is 16.6. The highest BCUT2D eigenvalue weighted by molar-refractivity contribution is 7.89.